The maximum Gasteiger partial charge on any atom is 0.243 e. The average molecular weight is 412 g/mol. The summed E-state index contributed by atoms with van der Waals surface area (Å²) in [4.78, 5) is 14.9. The van der Waals surface area contributed by atoms with Crippen LogP contribution in [0.15, 0.2) is 12.1 Å². The van der Waals surface area contributed by atoms with E-state index in [0.29, 0.717) is 27.0 Å². The summed E-state index contributed by atoms with van der Waals surface area (Å²) in [6.45, 7) is 0.548. The van der Waals surface area contributed by atoms with Crippen LogP contribution in [-0.4, -0.2) is 28.7 Å². The highest BCUT2D eigenvalue weighted by molar-refractivity contribution is 14.1. The minimum absolute atomic E-state index is 0.144. The summed E-state index contributed by atoms with van der Waals surface area (Å²) in [7, 11) is 0. The Labute approximate surface area is 133 Å². The molecule has 1 aromatic carbocycles. The molecule has 5 nitrogen and oxygen atoms in total. The van der Waals surface area contributed by atoms with Gasteiger partial charge in [0.1, 0.15) is 18.2 Å². The number of primary amides is 1. The second-order valence-electron chi connectivity index (χ2n) is 4.09. The van der Waals surface area contributed by atoms with E-state index in [4.69, 9.17) is 22.1 Å². The number of halogens is 3. The fourth-order valence-electron chi connectivity index (χ4n) is 1.85. The van der Waals surface area contributed by atoms with Gasteiger partial charge in [0.2, 0.25) is 5.91 Å². The zero-order chi connectivity index (χ0) is 14.7. The van der Waals surface area contributed by atoms with Crippen molar-refractivity contribution in [2.45, 2.75) is 12.4 Å². The Morgan fingerprint density at radius 2 is 2.30 bits per heavy atom. The first-order chi connectivity index (χ1) is 9.52. The SMILES string of the molecule is NC(=O)COCCn1c(CCl)nc2cc(I)c(F)cc21. The lowest BCUT2D eigenvalue weighted by molar-refractivity contribution is -0.122. The van der Waals surface area contributed by atoms with Crippen molar-refractivity contribution in [3.05, 3.63) is 27.3 Å². The van der Waals surface area contributed by atoms with E-state index >= 15 is 0 Å². The van der Waals surface area contributed by atoms with E-state index in [1.54, 1.807) is 10.6 Å². The standard InChI is InChI=1S/C12H12ClFIN3O2/c13-5-12-17-9-4-8(15)7(14)3-10(9)18(12)1-2-20-6-11(16)19/h3-4H,1-2,5-6H2,(H2,16,19). The lowest BCUT2D eigenvalue weighted by Gasteiger charge is -2.08. The van der Waals surface area contributed by atoms with Gasteiger partial charge in [-0.25, -0.2) is 9.37 Å². The molecule has 0 spiro atoms. The zero-order valence-electron chi connectivity index (χ0n) is 10.4. The topological polar surface area (TPSA) is 70.1 Å². The lowest BCUT2D eigenvalue weighted by atomic mass is 10.3. The number of carbonyl (C=O) groups is 1. The highest BCUT2D eigenvalue weighted by atomic mass is 127. The number of imidazole rings is 1. The molecule has 2 aromatic rings. The van der Waals surface area contributed by atoms with Crippen LogP contribution in [0.5, 0.6) is 0 Å². The molecule has 8 heteroatoms. The molecule has 0 aliphatic rings. The fourth-order valence-corrected chi connectivity index (χ4v) is 2.50. The third kappa shape index (κ3) is 3.39. The molecular weight excluding hydrogens is 400 g/mol. The first kappa shape index (κ1) is 15.5. The summed E-state index contributed by atoms with van der Waals surface area (Å²) in [5, 5.41) is 0. The van der Waals surface area contributed by atoms with Gasteiger partial charge in [-0.1, -0.05) is 0 Å². The molecule has 2 rings (SSSR count). The number of nitrogens with two attached hydrogens (primary N) is 1. The van der Waals surface area contributed by atoms with Gasteiger partial charge in [0.15, 0.2) is 0 Å². The van der Waals surface area contributed by atoms with Gasteiger partial charge in [-0.3, -0.25) is 4.79 Å². The van der Waals surface area contributed by atoms with Gasteiger partial charge in [-0.05, 0) is 28.7 Å². The summed E-state index contributed by atoms with van der Waals surface area (Å²) >= 11 is 7.77. The monoisotopic (exact) mass is 411 g/mol. The number of fused-ring (bicyclic) bond motifs is 1. The van der Waals surface area contributed by atoms with E-state index in [2.05, 4.69) is 4.98 Å². The van der Waals surface area contributed by atoms with Crippen molar-refractivity contribution in [1.82, 2.24) is 9.55 Å². The fraction of sp³-hybridized carbons (Fsp3) is 0.333. The van der Waals surface area contributed by atoms with Crippen molar-refractivity contribution in [2.24, 2.45) is 5.73 Å². The van der Waals surface area contributed by atoms with Crippen LogP contribution >= 0.6 is 34.2 Å². The number of alkyl halides is 1. The van der Waals surface area contributed by atoms with Gasteiger partial charge in [0, 0.05) is 12.6 Å². The number of aromatic nitrogens is 2. The maximum atomic E-state index is 13.7. The molecule has 0 unspecified atom stereocenters. The van der Waals surface area contributed by atoms with Crippen molar-refractivity contribution in [3.8, 4) is 0 Å². The number of rotatable bonds is 6. The molecule has 0 bridgehead atoms. The third-order valence-electron chi connectivity index (χ3n) is 2.69. The maximum absolute atomic E-state index is 13.7. The molecule has 20 heavy (non-hydrogen) atoms. The number of carbonyl (C=O) groups excluding carboxylic acids is 1. The molecule has 0 radical (unpaired) electrons. The molecule has 1 aromatic heterocycles. The smallest absolute Gasteiger partial charge is 0.243 e. The van der Waals surface area contributed by atoms with E-state index in [1.807, 2.05) is 22.6 Å². The molecule has 0 atom stereocenters. The second kappa shape index (κ2) is 6.68. The average Bonchev–Trinajstić information content (AvgIpc) is 2.72. The van der Waals surface area contributed by atoms with E-state index in [0.717, 1.165) is 0 Å². The molecule has 108 valence electrons. The van der Waals surface area contributed by atoms with Crippen molar-refractivity contribution in [2.75, 3.05) is 13.2 Å². The molecule has 0 aliphatic heterocycles. The molecule has 2 N–H and O–H groups in total. The summed E-state index contributed by atoms with van der Waals surface area (Å²) < 4.78 is 21.1. The molecule has 0 saturated heterocycles. The molecule has 1 amide bonds. The normalized spacial score (nSPS) is 11.2. The minimum Gasteiger partial charge on any atom is -0.370 e. The molecule has 0 fully saturated rings. The van der Waals surface area contributed by atoms with Gasteiger partial charge < -0.3 is 15.0 Å². The number of nitrogens with zero attached hydrogens (tertiary/aromatic N) is 2. The van der Waals surface area contributed by atoms with Gasteiger partial charge in [-0.2, -0.15) is 0 Å². The first-order valence-electron chi connectivity index (χ1n) is 5.79. The van der Waals surface area contributed by atoms with Crippen molar-refractivity contribution < 1.29 is 13.9 Å². The lowest BCUT2D eigenvalue weighted by Crippen LogP contribution is -2.20. The van der Waals surface area contributed by atoms with E-state index < -0.39 is 5.91 Å². The van der Waals surface area contributed by atoms with Crippen LogP contribution in [0.2, 0.25) is 0 Å². The predicted octanol–water partition coefficient (Wildman–Crippen LogP) is 2.02. The van der Waals surface area contributed by atoms with Gasteiger partial charge >= 0.3 is 0 Å². The Balaban J connectivity index is 2.25. The number of benzene rings is 1. The van der Waals surface area contributed by atoms with Crippen molar-refractivity contribution >= 4 is 51.1 Å². The summed E-state index contributed by atoms with van der Waals surface area (Å²) in [6, 6.07) is 3.09. The summed E-state index contributed by atoms with van der Waals surface area (Å²) in [6.07, 6.45) is 0. The van der Waals surface area contributed by atoms with Crippen LogP contribution < -0.4 is 5.73 Å². The number of ether oxygens (including phenoxy) is 1. The van der Waals surface area contributed by atoms with Gasteiger partial charge in [0.25, 0.3) is 0 Å². The van der Waals surface area contributed by atoms with E-state index in [9.17, 15) is 9.18 Å². The number of hydrogen-bond donors (Lipinski definition) is 1. The first-order valence-corrected chi connectivity index (χ1v) is 7.40. The number of hydrogen-bond acceptors (Lipinski definition) is 3. The Kier molecular flexibility index (Phi) is 5.17. The largest absolute Gasteiger partial charge is 0.370 e. The predicted molar refractivity (Wildman–Crippen MR) is 82.0 cm³/mol. The Hall–Kier alpha value is -0.930. The molecular formula is C12H12ClFIN3O2. The van der Waals surface area contributed by atoms with Gasteiger partial charge in [0.05, 0.1) is 27.1 Å². The molecule has 0 aliphatic carbocycles. The Bertz CT molecular complexity index is 647. The third-order valence-corrected chi connectivity index (χ3v) is 3.76. The molecule has 1 heterocycles. The van der Waals surface area contributed by atoms with Crippen molar-refractivity contribution in [3.63, 3.8) is 0 Å². The van der Waals surface area contributed by atoms with Crippen LogP contribution in [0.1, 0.15) is 5.82 Å². The summed E-state index contributed by atoms with van der Waals surface area (Å²) in [5.41, 5.74) is 6.32. The second-order valence-corrected chi connectivity index (χ2v) is 5.52. The minimum atomic E-state index is -0.529. The van der Waals surface area contributed by atoms with Crippen molar-refractivity contribution in [1.29, 1.82) is 0 Å². The van der Waals surface area contributed by atoms with Crippen LogP contribution in [-0.2, 0) is 22.0 Å². The van der Waals surface area contributed by atoms with Crippen LogP contribution in [0.4, 0.5) is 4.39 Å². The van der Waals surface area contributed by atoms with Crippen LogP contribution in [0, 0.1) is 9.39 Å². The highest BCUT2D eigenvalue weighted by Gasteiger charge is 2.12. The number of amides is 1. The quantitative estimate of drug-likeness (QED) is 0.449. The van der Waals surface area contributed by atoms with E-state index in [1.165, 1.54) is 6.07 Å². The highest BCUT2D eigenvalue weighted by Crippen LogP contribution is 2.22. The summed E-state index contributed by atoms with van der Waals surface area (Å²) in [5.74, 6) is 0.00529. The van der Waals surface area contributed by atoms with Gasteiger partial charge in [-0.15, -0.1) is 11.6 Å². The Morgan fingerprint density at radius 3 is 2.95 bits per heavy atom. The van der Waals surface area contributed by atoms with Crippen LogP contribution in [0.25, 0.3) is 11.0 Å². The zero-order valence-corrected chi connectivity index (χ0v) is 13.3. The van der Waals surface area contributed by atoms with E-state index in [-0.39, 0.29) is 24.9 Å². The molecule has 0 saturated carbocycles. The Morgan fingerprint density at radius 1 is 1.55 bits per heavy atom. The van der Waals surface area contributed by atoms with Crippen LogP contribution in [0.3, 0.4) is 0 Å².